The number of piperazine rings is 1. The van der Waals surface area contributed by atoms with Crippen LogP contribution in [0.2, 0.25) is 0 Å². The second-order valence-electron chi connectivity index (χ2n) is 7.14. The number of hydrazine groups is 1. The van der Waals surface area contributed by atoms with Crippen molar-refractivity contribution in [1.82, 2.24) is 26.1 Å². The van der Waals surface area contributed by atoms with Crippen LogP contribution in [-0.2, 0) is 33.7 Å². The van der Waals surface area contributed by atoms with E-state index in [0.29, 0.717) is 18.1 Å². The Labute approximate surface area is 179 Å². The minimum absolute atomic E-state index is 0.0577. The van der Waals surface area contributed by atoms with Gasteiger partial charge in [-0.25, -0.2) is 25.1 Å². The lowest BCUT2D eigenvalue weighted by molar-refractivity contribution is -0.243. The fraction of sp³-hybridized carbons (Fsp3) is 0.786. The van der Waals surface area contributed by atoms with Gasteiger partial charge in [0.1, 0.15) is 0 Å². The summed E-state index contributed by atoms with van der Waals surface area (Å²) in [6, 6.07) is -1.09. The van der Waals surface area contributed by atoms with E-state index >= 15 is 0 Å². The Balaban J connectivity index is 1.72. The summed E-state index contributed by atoms with van der Waals surface area (Å²) in [7, 11) is -5.54. The first-order valence-electron chi connectivity index (χ1n) is 9.27. The van der Waals surface area contributed by atoms with E-state index in [9.17, 15) is 36.0 Å². The quantitative estimate of drug-likeness (QED) is 0.138. The van der Waals surface area contributed by atoms with Crippen molar-refractivity contribution >= 4 is 28.3 Å². The topological polar surface area (TPSA) is 176 Å². The van der Waals surface area contributed by atoms with E-state index < -0.39 is 52.7 Å². The molecule has 0 aliphatic carbocycles. The highest BCUT2D eigenvalue weighted by Gasteiger charge is 2.66. The Morgan fingerprint density at radius 3 is 2.62 bits per heavy atom. The fourth-order valence-electron chi connectivity index (χ4n) is 3.55. The molecule has 0 saturated carbocycles. The Hall–Kier alpha value is -2.25. The number of hydrogen-bond donors (Lipinski definition) is 4. The lowest BCUT2D eigenvalue weighted by atomic mass is 9.97. The first-order chi connectivity index (χ1) is 14.8. The normalized spacial score (nSPS) is 28.6. The lowest BCUT2D eigenvalue weighted by Gasteiger charge is -2.34. The summed E-state index contributed by atoms with van der Waals surface area (Å²) >= 11 is 0. The molecular weight excluding hydrogens is 471 g/mol. The summed E-state index contributed by atoms with van der Waals surface area (Å²) in [5, 5.41) is 7.50. The molecule has 14 nitrogen and oxygen atoms in total. The molecule has 4 N–H and O–H groups in total. The van der Waals surface area contributed by atoms with Crippen LogP contribution in [0.3, 0.4) is 0 Å². The highest BCUT2D eigenvalue weighted by molar-refractivity contribution is 7.81. The third-order valence-electron chi connectivity index (χ3n) is 4.95. The van der Waals surface area contributed by atoms with E-state index in [1.165, 1.54) is 0 Å². The van der Waals surface area contributed by atoms with Gasteiger partial charge in [-0.3, -0.25) is 14.2 Å². The average Bonchev–Trinajstić information content (AvgIpc) is 2.88. The molecule has 3 aliphatic rings. The third-order valence-corrected chi connectivity index (χ3v) is 5.41. The minimum atomic E-state index is -5.59. The number of hydrogen-bond acceptors (Lipinski definition) is 10. The van der Waals surface area contributed by atoms with E-state index in [-0.39, 0.29) is 25.6 Å². The molecule has 0 radical (unpaired) electrons. The highest BCUT2D eigenvalue weighted by Crippen LogP contribution is 2.42. The predicted octanol–water partition coefficient (Wildman–Crippen LogP) is -2.11. The van der Waals surface area contributed by atoms with Crippen LogP contribution >= 0.6 is 0 Å². The molecule has 2 bridgehead atoms. The number of carbonyl (C=O) groups is 3. The number of rotatable bonds is 6. The summed E-state index contributed by atoms with van der Waals surface area (Å²) in [4.78, 5) is 41.6. The number of ether oxygens (including phenoxy) is 1. The van der Waals surface area contributed by atoms with Gasteiger partial charge in [0.05, 0.1) is 19.1 Å². The van der Waals surface area contributed by atoms with E-state index in [2.05, 4.69) is 25.0 Å². The monoisotopic (exact) mass is 491 g/mol. The number of nitrogens with zero attached hydrogens (tertiary/aromatic N) is 2. The lowest BCUT2D eigenvalue weighted by Crippen LogP contribution is -2.56. The predicted molar refractivity (Wildman–Crippen MR) is 93.2 cm³/mol. The fourth-order valence-corrected chi connectivity index (χ4v) is 4.11. The maximum absolute atomic E-state index is 12.8. The Bertz CT molecular complexity index is 866. The molecule has 1 unspecified atom stereocenters. The van der Waals surface area contributed by atoms with E-state index in [1.54, 1.807) is 0 Å². The molecule has 0 spiro atoms. The zero-order chi connectivity index (χ0) is 23.7. The van der Waals surface area contributed by atoms with Gasteiger partial charge in [0.15, 0.2) is 0 Å². The molecule has 3 aliphatic heterocycles. The van der Waals surface area contributed by atoms with Crippen LogP contribution in [-0.4, -0.2) is 98.2 Å². The van der Waals surface area contributed by atoms with Gasteiger partial charge in [0.25, 0.3) is 0 Å². The standard InChI is InChI=1S/C14H20F3N5O9S/c15-14(16,17)11(24)30-13(31-32(26,27)28)8-1-4-21(22(6-8)10(13)23)12(25)20-29-7-9-5-18-2-3-19-9/h8-9,18-19H,1-7H2,(H,20,25)(H,26,27,28)/t8-,9+,13?/m1/s1. The molecule has 18 heteroatoms. The van der Waals surface area contributed by atoms with Crippen molar-refractivity contribution in [2.75, 3.05) is 39.3 Å². The van der Waals surface area contributed by atoms with Crippen molar-refractivity contribution in [3.05, 3.63) is 0 Å². The first-order valence-corrected chi connectivity index (χ1v) is 10.6. The van der Waals surface area contributed by atoms with Gasteiger partial charge < -0.3 is 15.4 Å². The van der Waals surface area contributed by atoms with Gasteiger partial charge in [0, 0.05) is 32.2 Å². The Morgan fingerprint density at radius 1 is 1.31 bits per heavy atom. The van der Waals surface area contributed by atoms with Crippen LogP contribution in [0, 0.1) is 5.92 Å². The number of fused-ring (bicyclic) bond motifs is 2. The molecular formula is C14H20F3N5O9S. The Kier molecular flexibility index (Phi) is 6.82. The van der Waals surface area contributed by atoms with Crippen molar-refractivity contribution in [2.24, 2.45) is 5.92 Å². The molecule has 3 fully saturated rings. The van der Waals surface area contributed by atoms with Gasteiger partial charge in [-0.2, -0.15) is 25.8 Å². The number of amides is 3. The summed E-state index contributed by atoms with van der Waals surface area (Å²) in [6.07, 6.45) is -5.89. The SMILES string of the molecule is O=C(NOC[C@@H]1CNCCN1)N1CC[C@@H]2CN1C(=O)C2(OC(=O)C(F)(F)F)OS(=O)(=O)O. The van der Waals surface area contributed by atoms with E-state index in [0.717, 1.165) is 11.6 Å². The number of urea groups is 1. The second-order valence-corrected chi connectivity index (χ2v) is 8.16. The highest BCUT2D eigenvalue weighted by atomic mass is 32.3. The Morgan fingerprint density at radius 2 is 2.03 bits per heavy atom. The number of esters is 1. The zero-order valence-electron chi connectivity index (χ0n) is 16.3. The van der Waals surface area contributed by atoms with Crippen molar-refractivity contribution in [1.29, 1.82) is 0 Å². The number of alkyl halides is 3. The maximum Gasteiger partial charge on any atom is 0.491 e. The molecule has 0 aromatic heterocycles. The summed E-state index contributed by atoms with van der Waals surface area (Å²) in [5.41, 5.74) is 2.07. The first kappa shape index (κ1) is 24.4. The molecule has 3 atom stereocenters. The minimum Gasteiger partial charge on any atom is -0.415 e. The largest absolute Gasteiger partial charge is 0.491 e. The molecule has 0 aromatic rings. The van der Waals surface area contributed by atoms with Gasteiger partial charge in [-0.1, -0.05) is 0 Å². The molecule has 3 rings (SSSR count). The van der Waals surface area contributed by atoms with Crippen molar-refractivity contribution < 1.29 is 54.3 Å². The second kappa shape index (κ2) is 8.94. The zero-order valence-corrected chi connectivity index (χ0v) is 17.1. The van der Waals surface area contributed by atoms with Crippen molar-refractivity contribution in [3.8, 4) is 0 Å². The summed E-state index contributed by atoms with van der Waals surface area (Å²) < 4.78 is 77.9. The van der Waals surface area contributed by atoms with E-state index in [1.807, 2.05) is 0 Å². The van der Waals surface area contributed by atoms with Gasteiger partial charge in [-0.15, -0.1) is 0 Å². The molecule has 32 heavy (non-hydrogen) atoms. The van der Waals surface area contributed by atoms with E-state index in [4.69, 9.17) is 9.39 Å². The average molecular weight is 491 g/mol. The van der Waals surface area contributed by atoms with Gasteiger partial charge in [0.2, 0.25) is 0 Å². The van der Waals surface area contributed by atoms with Crippen LogP contribution in [0.1, 0.15) is 6.42 Å². The number of carbonyl (C=O) groups excluding carboxylic acids is 3. The molecule has 3 saturated heterocycles. The molecule has 3 amide bonds. The van der Waals surface area contributed by atoms with Crippen LogP contribution in [0.4, 0.5) is 18.0 Å². The van der Waals surface area contributed by atoms with Crippen LogP contribution in [0.5, 0.6) is 0 Å². The molecule has 182 valence electrons. The summed E-state index contributed by atoms with van der Waals surface area (Å²) in [5.74, 6) is -9.25. The number of nitrogens with one attached hydrogen (secondary N) is 3. The van der Waals surface area contributed by atoms with Crippen molar-refractivity contribution in [3.63, 3.8) is 0 Å². The maximum atomic E-state index is 12.8. The van der Waals surface area contributed by atoms with Crippen LogP contribution in [0.15, 0.2) is 0 Å². The summed E-state index contributed by atoms with van der Waals surface area (Å²) in [6.45, 7) is 1.27. The number of halogens is 3. The van der Waals surface area contributed by atoms with Crippen LogP contribution in [0.25, 0.3) is 0 Å². The van der Waals surface area contributed by atoms with Crippen molar-refractivity contribution in [2.45, 2.75) is 24.4 Å². The number of hydroxylamine groups is 1. The van der Waals surface area contributed by atoms with Gasteiger partial charge >= 0.3 is 40.3 Å². The molecule has 0 aromatic carbocycles. The smallest absolute Gasteiger partial charge is 0.415 e. The molecule has 3 heterocycles. The van der Waals surface area contributed by atoms with Crippen LogP contribution < -0.4 is 16.1 Å². The van der Waals surface area contributed by atoms with Gasteiger partial charge in [-0.05, 0) is 6.42 Å². The third kappa shape index (κ3) is 5.21.